The van der Waals surface area contributed by atoms with E-state index < -0.39 is 0 Å². The first-order valence-corrected chi connectivity index (χ1v) is 9.63. The zero-order valence-corrected chi connectivity index (χ0v) is 16.6. The Morgan fingerprint density at radius 1 is 0.893 bits per heavy atom. The molecule has 4 nitrogen and oxygen atoms in total. The fourth-order valence-corrected chi connectivity index (χ4v) is 2.44. The van der Waals surface area contributed by atoms with Gasteiger partial charge < -0.3 is 14.2 Å². The van der Waals surface area contributed by atoms with Gasteiger partial charge in [-0.2, -0.15) is 0 Å². The maximum atomic E-state index is 12.5. The molecular weight excluding hydrogens is 352 g/mol. The zero-order valence-electron chi connectivity index (χ0n) is 16.6. The van der Waals surface area contributed by atoms with Crippen molar-refractivity contribution in [3.05, 3.63) is 72.3 Å². The minimum atomic E-state index is -0.0776. The third kappa shape index (κ3) is 6.95. The van der Waals surface area contributed by atoms with Crippen LogP contribution in [0.1, 0.15) is 42.6 Å². The molecule has 0 aliphatic rings. The van der Waals surface area contributed by atoms with Gasteiger partial charge in [-0.1, -0.05) is 32.6 Å². The molecule has 0 aromatic heterocycles. The minimum Gasteiger partial charge on any atom is -0.493 e. The fraction of sp³-hybridized carbons (Fsp3) is 0.292. The Kier molecular flexibility index (Phi) is 8.86. The van der Waals surface area contributed by atoms with Crippen LogP contribution >= 0.6 is 0 Å². The molecule has 0 atom stereocenters. The molecule has 0 N–H and O–H groups in total. The number of allylic oxidation sites excluding steroid dienone is 1. The highest BCUT2D eigenvalue weighted by Crippen LogP contribution is 2.24. The SMILES string of the molecule is C=CCOc1ccc(C(=O)C=Cc2cc(OCCC)cc(OCCC)c2)cc1. The quantitative estimate of drug-likeness (QED) is 0.268. The van der Waals surface area contributed by atoms with Crippen molar-refractivity contribution in [1.82, 2.24) is 0 Å². The van der Waals surface area contributed by atoms with Crippen molar-refractivity contribution >= 4 is 11.9 Å². The van der Waals surface area contributed by atoms with E-state index in [1.807, 2.05) is 18.2 Å². The fourth-order valence-electron chi connectivity index (χ4n) is 2.44. The van der Waals surface area contributed by atoms with E-state index >= 15 is 0 Å². The molecular formula is C24H28O4. The molecule has 0 saturated heterocycles. The molecule has 0 bridgehead atoms. The van der Waals surface area contributed by atoms with E-state index in [0.717, 1.165) is 29.9 Å². The van der Waals surface area contributed by atoms with Gasteiger partial charge in [0.05, 0.1) is 13.2 Å². The number of hydrogen-bond acceptors (Lipinski definition) is 4. The van der Waals surface area contributed by atoms with Gasteiger partial charge in [-0.3, -0.25) is 4.79 Å². The van der Waals surface area contributed by atoms with Crippen molar-refractivity contribution in [2.45, 2.75) is 26.7 Å². The largest absolute Gasteiger partial charge is 0.493 e. The summed E-state index contributed by atoms with van der Waals surface area (Å²) in [4.78, 5) is 12.5. The third-order valence-electron chi connectivity index (χ3n) is 3.78. The van der Waals surface area contributed by atoms with Crippen LogP contribution in [-0.4, -0.2) is 25.6 Å². The van der Waals surface area contributed by atoms with Gasteiger partial charge in [0, 0.05) is 11.6 Å². The van der Waals surface area contributed by atoms with Gasteiger partial charge in [0.1, 0.15) is 23.9 Å². The summed E-state index contributed by atoms with van der Waals surface area (Å²) in [6, 6.07) is 12.8. The van der Waals surface area contributed by atoms with E-state index in [4.69, 9.17) is 14.2 Å². The lowest BCUT2D eigenvalue weighted by atomic mass is 10.1. The van der Waals surface area contributed by atoms with E-state index in [9.17, 15) is 4.79 Å². The van der Waals surface area contributed by atoms with Gasteiger partial charge in [0.25, 0.3) is 0 Å². The maximum Gasteiger partial charge on any atom is 0.185 e. The van der Waals surface area contributed by atoms with Crippen molar-refractivity contribution < 1.29 is 19.0 Å². The predicted octanol–water partition coefficient (Wildman–Crippen LogP) is 5.73. The van der Waals surface area contributed by atoms with E-state index in [2.05, 4.69) is 20.4 Å². The summed E-state index contributed by atoms with van der Waals surface area (Å²) in [6.45, 7) is 9.45. The molecule has 0 fully saturated rings. The first kappa shape index (κ1) is 21.3. The van der Waals surface area contributed by atoms with Gasteiger partial charge in [0.2, 0.25) is 0 Å². The van der Waals surface area contributed by atoms with Gasteiger partial charge in [-0.25, -0.2) is 0 Å². The lowest BCUT2D eigenvalue weighted by Gasteiger charge is -2.10. The van der Waals surface area contributed by atoms with Crippen LogP contribution in [0.4, 0.5) is 0 Å². The Bertz CT molecular complexity index is 765. The highest BCUT2D eigenvalue weighted by Gasteiger charge is 2.05. The standard InChI is InChI=1S/C24H28O4/c1-4-13-26-21-10-8-20(9-11-21)24(25)12-7-19-16-22(27-14-5-2)18-23(17-19)28-15-6-3/h4,7-12,16-18H,1,5-6,13-15H2,2-3H3. The van der Waals surface area contributed by atoms with Crippen molar-refractivity contribution in [3.8, 4) is 17.2 Å². The monoisotopic (exact) mass is 380 g/mol. The number of carbonyl (C=O) groups excluding carboxylic acids is 1. The number of hydrogen-bond donors (Lipinski definition) is 0. The molecule has 4 heteroatoms. The second-order valence-corrected chi connectivity index (χ2v) is 6.26. The molecule has 2 rings (SSSR count). The van der Waals surface area contributed by atoms with Crippen molar-refractivity contribution in [2.75, 3.05) is 19.8 Å². The Labute approximate surface area is 167 Å². The molecule has 0 unspecified atom stereocenters. The van der Waals surface area contributed by atoms with Crippen LogP contribution in [0.5, 0.6) is 17.2 Å². The molecule has 2 aromatic carbocycles. The van der Waals surface area contributed by atoms with Crippen LogP contribution in [0.3, 0.4) is 0 Å². The average molecular weight is 380 g/mol. The number of ketones is 1. The van der Waals surface area contributed by atoms with Crippen LogP contribution in [0.25, 0.3) is 6.08 Å². The third-order valence-corrected chi connectivity index (χ3v) is 3.78. The van der Waals surface area contributed by atoms with Gasteiger partial charge in [-0.15, -0.1) is 0 Å². The maximum absolute atomic E-state index is 12.5. The average Bonchev–Trinajstić information content (AvgIpc) is 2.73. The first-order valence-electron chi connectivity index (χ1n) is 9.63. The Morgan fingerprint density at radius 3 is 2.04 bits per heavy atom. The van der Waals surface area contributed by atoms with Crippen LogP contribution in [0.15, 0.2) is 61.2 Å². The molecule has 0 aliphatic carbocycles. The summed E-state index contributed by atoms with van der Waals surface area (Å²) >= 11 is 0. The summed E-state index contributed by atoms with van der Waals surface area (Å²) in [7, 11) is 0. The Hall–Kier alpha value is -3.01. The Balaban J connectivity index is 2.11. The normalized spacial score (nSPS) is 10.6. The summed E-state index contributed by atoms with van der Waals surface area (Å²) in [5, 5.41) is 0. The molecule has 0 aliphatic heterocycles. The lowest BCUT2D eigenvalue weighted by Crippen LogP contribution is -1.99. The molecule has 0 radical (unpaired) electrons. The van der Waals surface area contributed by atoms with Gasteiger partial charge in [-0.05, 0) is 60.9 Å². The van der Waals surface area contributed by atoms with Gasteiger partial charge >= 0.3 is 0 Å². The van der Waals surface area contributed by atoms with Crippen LogP contribution < -0.4 is 14.2 Å². The minimum absolute atomic E-state index is 0.0776. The highest BCUT2D eigenvalue weighted by atomic mass is 16.5. The van der Waals surface area contributed by atoms with Crippen molar-refractivity contribution in [2.24, 2.45) is 0 Å². The summed E-state index contributed by atoms with van der Waals surface area (Å²) < 4.78 is 16.9. The summed E-state index contributed by atoms with van der Waals surface area (Å²) in [5.41, 5.74) is 1.46. The van der Waals surface area contributed by atoms with E-state index in [-0.39, 0.29) is 5.78 Å². The van der Waals surface area contributed by atoms with E-state index in [1.54, 1.807) is 42.5 Å². The van der Waals surface area contributed by atoms with Gasteiger partial charge in [0.15, 0.2) is 5.78 Å². The second kappa shape index (κ2) is 11.7. The second-order valence-electron chi connectivity index (χ2n) is 6.26. The molecule has 0 saturated carbocycles. The number of ether oxygens (including phenoxy) is 3. The molecule has 0 amide bonds. The predicted molar refractivity (Wildman–Crippen MR) is 114 cm³/mol. The summed E-state index contributed by atoms with van der Waals surface area (Å²) in [6.07, 6.45) is 6.87. The number of rotatable bonds is 12. The Morgan fingerprint density at radius 2 is 1.50 bits per heavy atom. The van der Waals surface area contributed by atoms with Crippen LogP contribution in [0, 0.1) is 0 Å². The van der Waals surface area contributed by atoms with Crippen LogP contribution in [0.2, 0.25) is 0 Å². The smallest absolute Gasteiger partial charge is 0.185 e. The molecule has 2 aromatic rings. The molecule has 28 heavy (non-hydrogen) atoms. The van der Waals surface area contributed by atoms with E-state index in [1.165, 1.54) is 0 Å². The van der Waals surface area contributed by atoms with E-state index in [0.29, 0.717) is 31.1 Å². The first-order chi connectivity index (χ1) is 13.7. The number of carbonyl (C=O) groups is 1. The van der Waals surface area contributed by atoms with Crippen molar-refractivity contribution in [1.29, 1.82) is 0 Å². The van der Waals surface area contributed by atoms with Crippen LogP contribution in [-0.2, 0) is 0 Å². The topological polar surface area (TPSA) is 44.8 Å². The lowest BCUT2D eigenvalue weighted by molar-refractivity contribution is 0.104. The molecule has 0 spiro atoms. The zero-order chi connectivity index (χ0) is 20.2. The molecule has 148 valence electrons. The highest BCUT2D eigenvalue weighted by molar-refractivity contribution is 6.06. The number of benzene rings is 2. The summed E-state index contributed by atoms with van der Waals surface area (Å²) in [5.74, 6) is 2.11. The van der Waals surface area contributed by atoms with Crippen molar-refractivity contribution in [3.63, 3.8) is 0 Å². The molecule has 0 heterocycles.